The number of hydrogen-bond acceptors (Lipinski definition) is 3. The number of nitrogens with one attached hydrogen (secondary N) is 1. The van der Waals surface area contributed by atoms with Gasteiger partial charge in [-0.2, -0.15) is 5.26 Å². The molecule has 0 amide bonds. The Morgan fingerprint density at radius 3 is 2.33 bits per heavy atom. The first-order chi connectivity index (χ1) is 7.13. The summed E-state index contributed by atoms with van der Waals surface area (Å²) in [6, 6.07) is 2.60. The van der Waals surface area contributed by atoms with E-state index in [1.54, 1.807) is 0 Å². The van der Waals surface area contributed by atoms with Crippen LogP contribution in [0.15, 0.2) is 0 Å². The summed E-state index contributed by atoms with van der Waals surface area (Å²) in [5.41, 5.74) is 0. The van der Waals surface area contributed by atoms with Crippen LogP contribution in [0.5, 0.6) is 0 Å². The van der Waals surface area contributed by atoms with Gasteiger partial charge >= 0.3 is 0 Å². The van der Waals surface area contributed by atoms with Gasteiger partial charge in [0.15, 0.2) is 0 Å². The Hall–Kier alpha value is -0.590. The third-order valence-electron chi connectivity index (χ3n) is 2.73. The summed E-state index contributed by atoms with van der Waals surface area (Å²) >= 11 is 0. The third kappa shape index (κ3) is 7.35. The minimum absolute atomic E-state index is 0.0338. The Kier molecular flexibility index (Phi) is 8.35. The fourth-order valence-corrected chi connectivity index (χ4v) is 1.71. The molecule has 0 bridgehead atoms. The van der Waals surface area contributed by atoms with Crippen LogP contribution in [0.3, 0.4) is 0 Å². The van der Waals surface area contributed by atoms with Crippen LogP contribution in [0.2, 0.25) is 0 Å². The zero-order valence-corrected chi connectivity index (χ0v) is 10.6. The van der Waals surface area contributed by atoms with Gasteiger partial charge in [-0.15, -0.1) is 0 Å². The van der Waals surface area contributed by atoms with E-state index in [4.69, 9.17) is 5.26 Å². The maximum Gasteiger partial charge on any atom is 0.0926 e. The van der Waals surface area contributed by atoms with Gasteiger partial charge in [0.2, 0.25) is 0 Å². The quantitative estimate of drug-likeness (QED) is 0.667. The first kappa shape index (κ1) is 14.4. The van der Waals surface area contributed by atoms with Crippen molar-refractivity contribution < 1.29 is 0 Å². The second kappa shape index (κ2) is 8.70. The molecule has 0 heterocycles. The van der Waals surface area contributed by atoms with Crippen LogP contribution in [0.25, 0.3) is 0 Å². The van der Waals surface area contributed by atoms with Crippen molar-refractivity contribution in [2.75, 3.05) is 19.6 Å². The Bertz CT molecular complexity index is 182. The van der Waals surface area contributed by atoms with Crippen molar-refractivity contribution in [1.29, 1.82) is 5.26 Å². The van der Waals surface area contributed by atoms with Crippen LogP contribution in [0.1, 0.15) is 40.5 Å². The SMILES string of the molecule is CCN(CC)CCCC(C)NC(C)C#N. The molecule has 3 nitrogen and oxygen atoms in total. The predicted octanol–water partition coefficient (Wildman–Crippen LogP) is 2.00. The molecule has 0 aliphatic heterocycles. The lowest BCUT2D eigenvalue weighted by Crippen LogP contribution is -2.34. The highest BCUT2D eigenvalue weighted by Crippen LogP contribution is 2.00. The lowest BCUT2D eigenvalue weighted by molar-refractivity contribution is 0.290. The van der Waals surface area contributed by atoms with Crippen LogP contribution < -0.4 is 5.32 Å². The minimum atomic E-state index is -0.0338. The molecule has 0 aromatic heterocycles. The van der Waals surface area contributed by atoms with Gasteiger partial charge in [-0.1, -0.05) is 13.8 Å². The summed E-state index contributed by atoms with van der Waals surface area (Å²) in [5, 5.41) is 11.9. The average Bonchev–Trinajstić information content (AvgIpc) is 2.24. The fourth-order valence-electron chi connectivity index (χ4n) is 1.71. The van der Waals surface area contributed by atoms with Crippen molar-refractivity contribution in [1.82, 2.24) is 10.2 Å². The van der Waals surface area contributed by atoms with Crippen LogP contribution in [-0.4, -0.2) is 36.6 Å². The molecule has 2 unspecified atom stereocenters. The van der Waals surface area contributed by atoms with E-state index in [2.05, 4.69) is 37.1 Å². The van der Waals surface area contributed by atoms with Crippen molar-refractivity contribution in [3.63, 3.8) is 0 Å². The van der Waals surface area contributed by atoms with Crippen LogP contribution in [0, 0.1) is 11.3 Å². The number of hydrogen-bond donors (Lipinski definition) is 1. The topological polar surface area (TPSA) is 39.1 Å². The van der Waals surface area contributed by atoms with Gasteiger partial charge in [0, 0.05) is 6.04 Å². The van der Waals surface area contributed by atoms with E-state index in [0.717, 1.165) is 19.5 Å². The molecule has 0 radical (unpaired) electrons. The van der Waals surface area contributed by atoms with E-state index >= 15 is 0 Å². The molecular formula is C12H25N3. The summed E-state index contributed by atoms with van der Waals surface area (Å²) in [4.78, 5) is 2.43. The summed E-state index contributed by atoms with van der Waals surface area (Å²) in [6.45, 7) is 11.9. The van der Waals surface area contributed by atoms with Crippen molar-refractivity contribution >= 4 is 0 Å². The van der Waals surface area contributed by atoms with Gasteiger partial charge < -0.3 is 4.90 Å². The molecule has 0 aliphatic carbocycles. The van der Waals surface area contributed by atoms with Crippen LogP contribution in [0.4, 0.5) is 0 Å². The van der Waals surface area contributed by atoms with E-state index in [-0.39, 0.29) is 6.04 Å². The van der Waals surface area contributed by atoms with E-state index in [9.17, 15) is 0 Å². The molecule has 0 aromatic carbocycles. The molecule has 0 fully saturated rings. The van der Waals surface area contributed by atoms with Gasteiger partial charge in [0.05, 0.1) is 12.1 Å². The van der Waals surface area contributed by atoms with E-state index in [1.807, 2.05) is 6.92 Å². The molecule has 0 aliphatic rings. The first-order valence-corrected chi connectivity index (χ1v) is 6.02. The van der Waals surface area contributed by atoms with Gasteiger partial charge in [0.25, 0.3) is 0 Å². The maximum absolute atomic E-state index is 8.65. The van der Waals surface area contributed by atoms with E-state index in [0.29, 0.717) is 6.04 Å². The summed E-state index contributed by atoms with van der Waals surface area (Å²) in [5.74, 6) is 0. The Morgan fingerprint density at radius 1 is 1.27 bits per heavy atom. The van der Waals surface area contributed by atoms with E-state index in [1.165, 1.54) is 13.0 Å². The fraction of sp³-hybridized carbons (Fsp3) is 0.917. The highest BCUT2D eigenvalue weighted by atomic mass is 15.1. The monoisotopic (exact) mass is 211 g/mol. The zero-order chi connectivity index (χ0) is 11.7. The standard InChI is InChI=1S/C12H25N3/c1-5-15(6-2)9-7-8-11(3)14-12(4)10-13/h11-12,14H,5-9H2,1-4H3. The van der Waals surface area contributed by atoms with Gasteiger partial charge in [-0.05, 0) is 46.3 Å². The van der Waals surface area contributed by atoms with Crippen molar-refractivity contribution in [2.24, 2.45) is 0 Å². The van der Waals surface area contributed by atoms with Crippen LogP contribution >= 0.6 is 0 Å². The van der Waals surface area contributed by atoms with Crippen LogP contribution in [-0.2, 0) is 0 Å². The molecule has 0 saturated heterocycles. The Labute approximate surface area is 94.5 Å². The lowest BCUT2D eigenvalue weighted by Gasteiger charge is -2.20. The maximum atomic E-state index is 8.65. The molecule has 0 spiro atoms. The molecule has 2 atom stereocenters. The van der Waals surface area contributed by atoms with Crippen molar-refractivity contribution in [3.8, 4) is 6.07 Å². The Balaban J connectivity index is 3.54. The molecule has 88 valence electrons. The first-order valence-electron chi connectivity index (χ1n) is 6.02. The molecule has 0 rings (SSSR count). The molecule has 0 saturated carbocycles. The average molecular weight is 211 g/mol. The van der Waals surface area contributed by atoms with Gasteiger partial charge in [-0.25, -0.2) is 0 Å². The molecule has 15 heavy (non-hydrogen) atoms. The number of rotatable bonds is 8. The summed E-state index contributed by atoms with van der Waals surface area (Å²) < 4.78 is 0. The van der Waals surface area contributed by atoms with Gasteiger partial charge in [0.1, 0.15) is 0 Å². The van der Waals surface area contributed by atoms with Crippen molar-refractivity contribution in [3.05, 3.63) is 0 Å². The predicted molar refractivity (Wildman–Crippen MR) is 64.7 cm³/mol. The molecule has 3 heteroatoms. The summed E-state index contributed by atoms with van der Waals surface area (Å²) in [7, 11) is 0. The van der Waals surface area contributed by atoms with Crippen molar-refractivity contribution in [2.45, 2.75) is 52.6 Å². The smallest absolute Gasteiger partial charge is 0.0926 e. The Morgan fingerprint density at radius 2 is 1.87 bits per heavy atom. The second-order valence-electron chi connectivity index (χ2n) is 4.09. The summed E-state index contributed by atoms with van der Waals surface area (Å²) in [6.07, 6.45) is 2.34. The third-order valence-corrected chi connectivity index (χ3v) is 2.73. The normalized spacial score (nSPS) is 14.9. The largest absolute Gasteiger partial charge is 0.304 e. The highest BCUT2D eigenvalue weighted by molar-refractivity contribution is 4.86. The minimum Gasteiger partial charge on any atom is -0.304 e. The number of nitriles is 1. The second-order valence-corrected chi connectivity index (χ2v) is 4.09. The molecular weight excluding hydrogens is 186 g/mol. The molecule has 0 aromatic rings. The lowest BCUT2D eigenvalue weighted by atomic mass is 10.1. The number of nitrogens with zero attached hydrogens (tertiary/aromatic N) is 2. The van der Waals surface area contributed by atoms with Gasteiger partial charge in [-0.3, -0.25) is 5.32 Å². The highest BCUT2D eigenvalue weighted by Gasteiger charge is 2.06. The molecule has 1 N–H and O–H groups in total. The van der Waals surface area contributed by atoms with E-state index < -0.39 is 0 Å². The zero-order valence-electron chi connectivity index (χ0n) is 10.6.